The average molecular weight is 253 g/mol. The lowest BCUT2D eigenvalue weighted by Gasteiger charge is -2.17. The molecule has 0 aliphatic carbocycles. The Hall–Kier alpha value is -1.62. The second-order valence-corrected chi connectivity index (χ2v) is 5.10. The average Bonchev–Trinajstić information content (AvgIpc) is 2.64. The summed E-state index contributed by atoms with van der Waals surface area (Å²) in [5.74, 6) is 0.438. The van der Waals surface area contributed by atoms with Crippen molar-refractivity contribution in [2.75, 3.05) is 5.32 Å². The largest absolute Gasteiger partial charge is 0.333 e. The Labute approximate surface area is 104 Å². The zero-order valence-corrected chi connectivity index (χ0v) is 10.6. The normalized spacial score (nSPS) is 11.5. The van der Waals surface area contributed by atoms with E-state index in [1.54, 1.807) is 18.3 Å². The summed E-state index contributed by atoms with van der Waals surface area (Å²) in [6.45, 7) is 6.03. The number of pyridine rings is 1. The fourth-order valence-electron chi connectivity index (χ4n) is 1.21. The van der Waals surface area contributed by atoms with Gasteiger partial charge < -0.3 is 9.84 Å². The van der Waals surface area contributed by atoms with Crippen molar-refractivity contribution in [3.05, 3.63) is 23.4 Å². The minimum absolute atomic E-state index is 0.128. The molecule has 0 atom stereocenters. The summed E-state index contributed by atoms with van der Waals surface area (Å²) >= 11 is 5.75. The molecule has 5 nitrogen and oxygen atoms in total. The van der Waals surface area contributed by atoms with E-state index >= 15 is 0 Å². The molecule has 2 heterocycles. The quantitative estimate of drug-likeness (QED) is 0.890. The van der Waals surface area contributed by atoms with Crippen LogP contribution in [-0.2, 0) is 0 Å². The summed E-state index contributed by atoms with van der Waals surface area (Å²) in [6.07, 6.45) is 1.55. The number of rotatable bonds is 2. The third kappa shape index (κ3) is 3.17. The second kappa shape index (κ2) is 4.33. The van der Waals surface area contributed by atoms with Crippen LogP contribution in [0.15, 0.2) is 22.9 Å². The fraction of sp³-hybridized carbons (Fsp3) is 0.364. The molecular formula is C11H13ClN4O. The molecule has 0 saturated heterocycles. The summed E-state index contributed by atoms with van der Waals surface area (Å²) in [6, 6.07) is 3.86. The molecule has 0 aliphatic heterocycles. The Kier molecular flexibility index (Phi) is 3.02. The van der Waals surface area contributed by atoms with E-state index in [1.165, 1.54) is 0 Å². The molecule has 0 fully saturated rings. The molecule has 0 saturated carbocycles. The molecule has 0 radical (unpaired) electrons. The zero-order valence-electron chi connectivity index (χ0n) is 9.86. The van der Waals surface area contributed by atoms with Crippen LogP contribution >= 0.6 is 11.6 Å². The van der Waals surface area contributed by atoms with Gasteiger partial charge in [-0.15, -0.1) is 0 Å². The first-order chi connectivity index (χ1) is 7.94. The van der Waals surface area contributed by atoms with Crippen LogP contribution in [0.5, 0.6) is 0 Å². The van der Waals surface area contributed by atoms with Gasteiger partial charge in [0.25, 0.3) is 0 Å². The highest BCUT2D eigenvalue weighted by atomic mass is 35.5. The molecule has 17 heavy (non-hydrogen) atoms. The first kappa shape index (κ1) is 11.9. The molecule has 0 unspecified atom stereocenters. The van der Waals surface area contributed by atoms with Crippen molar-refractivity contribution in [2.24, 2.45) is 0 Å². The Bertz CT molecular complexity index is 501. The van der Waals surface area contributed by atoms with Crippen molar-refractivity contribution < 1.29 is 4.52 Å². The molecule has 90 valence electrons. The highest BCUT2D eigenvalue weighted by Gasteiger charge is 2.15. The number of aromatic nitrogens is 3. The lowest BCUT2D eigenvalue weighted by molar-refractivity contribution is 0.420. The third-order valence-corrected chi connectivity index (χ3v) is 2.09. The summed E-state index contributed by atoms with van der Waals surface area (Å²) in [4.78, 5) is 8.31. The minimum Gasteiger partial charge on any atom is -0.333 e. The molecule has 0 aromatic carbocycles. The zero-order chi connectivity index (χ0) is 12.5. The van der Waals surface area contributed by atoms with Crippen LogP contribution in [-0.4, -0.2) is 20.7 Å². The van der Waals surface area contributed by atoms with Gasteiger partial charge in [-0.1, -0.05) is 16.8 Å². The topological polar surface area (TPSA) is 63.8 Å². The van der Waals surface area contributed by atoms with E-state index in [0.29, 0.717) is 22.6 Å². The first-order valence-electron chi connectivity index (χ1n) is 5.18. The summed E-state index contributed by atoms with van der Waals surface area (Å²) in [5.41, 5.74) is 0.497. The van der Waals surface area contributed by atoms with Gasteiger partial charge >= 0.3 is 6.01 Å². The standard InChI is InChI=1S/C11H13ClN4O/c1-11(2,3)15-10-14-9(16-17-10)8-5-4-7(12)6-13-8/h4-6H,1-3H3,(H,14,15,16). The van der Waals surface area contributed by atoms with Crippen molar-refractivity contribution >= 4 is 17.6 Å². The van der Waals surface area contributed by atoms with Gasteiger partial charge in [-0.3, -0.25) is 4.98 Å². The predicted molar refractivity (Wildman–Crippen MR) is 65.9 cm³/mol. The van der Waals surface area contributed by atoms with E-state index in [0.717, 1.165) is 0 Å². The Morgan fingerprint density at radius 2 is 2.06 bits per heavy atom. The third-order valence-electron chi connectivity index (χ3n) is 1.86. The van der Waals surface area contributed by atoms with Crippen LogP contribution in [0.4, 0.5) is 6.01 Å². The van der Waals surface area contributed by atoms with E-state index in [4.69, 9.17) is 16.1 Å². The molecule has 2 aromatic heterocycles. The van der Waals surface area contributed by atoms with Crippen LogP contribution in [0.3, 0.4) is 0 Å². The van der Waals surface area contributed by atoms with Gasteiger partial charge in [-0.2, -0.15) is 4.98 Å². The molecule has 0 spiro atoms. The van der Waals surface area contributed by atoms with Crippen molar-refractivity contribution in [2.45, 2.75) is 26.3 Å². The molecule has 1 N–H and O–H groups in total. The number of halogens is 1. The maximum absolute atomic E-state index is 5.75. The number of anilines is 1. The number of hydrogen-bond acceptors (Lipinski definition) is 5. The van der Waals surface area contributed by atoms with Crippen LogP contribution in [0, 0.1) is 0 Å². The maximum atomic E-state index is 5.75. The van der Waals surface area contributed by atoms with Crippen LogP contribution in [0.2, 0.25) is 5.02 Å². The van der Waals surface area contributed by atoms with Crippen LogP contribution in [0.25, 0.3) is 11.5 Å². The Morgan fingerprint density at radius 3 is 2.65 bits per heavy atom. The highest BCUT2D eigenvalue weighted by Crippen LogP contribution is 2.19. The molecule has 2 aromatic rings. The summed E-state index contributed by atoms with van der Waals surface area (Å²) < 4.78 is 5.08. The minimum atomic E-state index is -0.128. The maximum Gasteiger partial charge on any atom is 0.322 e. The van der Waals surface area contributed by atoms with E-state index in [2.05, 4.69) is 20.4 Å². The highest BCUT2D eigenvalue weighted by molar-refractivity contribution is 6.30. The van der Waals surface area contributed by atoms with E-state index in [9.17, 15) is 0 Å². The number of nitrogens with one attached hydrogen (secondary N) is 1. The van der Waals surface area contributed by atoms with Gasteiger partial charge in [0.05, 0.1) is 5.02 Å². The monoisotopic (exact) mass is 252 g/mol. The lowest BCUT2D eigenvalue weighted by Crippen LogP contribution is -2.26. The lowest BCUT2D eigenvalue weighted by atomic mass is 10.1. The van der Waals surface area contributed by atoms with Crippen LogP contribution < -0.4 is 5.32 Å². The molecule has 0 bridgehead atoms. The van der Waals surface area contributed by atoms with Crippen molar-refractivity contribution in [3.63, 3.8) is 0 Å². The molecular weight excluding hydrogens is 240 g/mol. The van der Waals surface area contributed by atoms with Crippen LogP contribution in [0.1, 0.15) is 20.8 Å². The van der Waals surface area contributed by atoms with Gasteiger partial charge in [0.2, 0.25) is 5.82 Å². The number of hydrogen-bond donors (Lipinski definition) is 1. The second-order valence-electron chi connectivity index (χ2n) is 4.66. The van der Waals surface area contributed by atoms with Gasteiger partial charge in [-0.25, -0.2) is 0 Å². The van der Waals surface area contributed by atoms with Gasteiger partial charge in [0.1, 0.15) is 5.69 Å². The van der Waals surface area contributed by atoms with E-state index in [-0.39, 0.29) is 5.54 Å². The Balaban J connectivity index is 2.21. The molecule has 6 heteroatoms. The summed E-state index contributed by atoms with van der Waals surface area (Å²) in [7, 11) is 0. The molecule has 2 rings (SSSR count). The number of nitrogens with zero attached hydrogens (tertiary/aromatic N) is 3. The van der Waals surface area contributed by atoms with Gasteiger partial charge in [-0.05, 0) is 32.9 Å². The molecule has 0 amide bonds. The fourth-order valence-corrected chi connectivity index (χ4v) is 1.32. The van der Waals surface area contributed by atoms with Gasteiger partial charge in [0, 0.05) is 11.7 Å². The van der Waals surface area contributed by atoms with E-state index < -0.39 is 0 Å². The smallest absolute Gasteiger partial charge is 0.322 e. The summed E-state index contributed by atoms with van der Waals surface area (Å²) in [5, 5.41) is 7.51. The predicted octanol–water partition coefficient (Wildman–Crippen LogP) is 3.00. The van der Waals surface area contributed by atoms with Gasteiger partial charge in [0.15, 0.2) is 0 Å². The SMILES string of the molecule is CC(C)(C)Nc1nc(-c2ccc(Cl)cn2)no1. The Morgan fingerprint density at radius 1 is 1.29 bits per heavy atom. The van der Waals surface area contributed by atoms with Crippen molar-refractivity contribution in [1.82, 2.24) is 15.1 Å². The van der Waals surface area contributed by atoms with Crippen molar-refractivity contribution in [3.8, 4) is 11.5 Å². The first-order valence-corrected chi connectivity index (χ1v) is 5.56. The van der Waals surface area contributed by atoms with E-state index in [1.807, 2.05) is 20.8 Å². The molecule has 0 aliphatic rings. The van der Waals surface area contributed by atoms with Crippen molar-refractivity contribution in [1.29, 1.82) is 0 Å².